The zero-order valence-corrected chi connectivity index (χ0v) is 14.7. The first-order valence-electron chi connectivity index (χ1n) is 8.36. The van der Waals surface area contributed by atoms with Crippen molar-refractivity contribution in [3.05, 3.63) is 70.0 Å². The zero-order valence-electron chi connectivity index (χ0n) is 13.9. The summed E-state index contributed by atoms with van der Waals surface area (Å²) in [5, 5.41) is 3.06. The normalized spacial score (nSPS) is 15.8. The average molecular weight is 383 g/mol. The SMILES string of the molecule is O=C(NC1CCN(Cc2c(F)cccc2Cl)CC1)c1c(F)cccc1F. The van der Waals surface area contributed by atoms with Gasteiger partial charge in [0.2, 0.25) is 0 Å². The Kier molecular flexibility index (Phi) is 5.84. The van der Waals surface area contributed by atoms with E-state index >= 15 is 0 Å². The van der Waals surface area contributed by atoms with Crippen LogP contribution in [0.1, 0.15) is 28.8 Å². The van der Waals surface area contributed by atoms with Gasteiger partial charge in [-0.15, -0.1) is 0 Å². The van der Waals surface area contributed by atoms with E-state index in [1.807, 2.05) is 4.90 Å². The van der Waals surface area contributed by atoms with Crippen LogP contribution >= 0.6 is 11.6 Å². The largest absolute Gasteiger partial charge is 0.349 e. The van der Waals surface area contributed by atoms with Gasteiger partial charge in [-0.1, -0.05) is 23.7 Å². The van der Waals surface area contributed by atoms with Gasteiger partial charge < -0.3 is 5.32 Å². The second kappa shape index (κ2) is 8.10. The van der Waals surface area contributed by atoms with Crippen LogP contribution in [0.25, 0.3) is 0 Å². The van der Waals surface area contributed by atoms with E-state index in [2.05, 4.69) is 5.32 Å². The molecule has 0 radical (unpaired) electrons. The highest BCUT2D eigenvalue weighted by Gasteiger charge is 2.24. The van der Waals surface area contributed by atoms with E-state index in [9.17, 15) is 18.0 Å². The molecule has 1 saturated heterocycles. The molecule has 0 spiro atoms. The monoisotopic (exact) mass is 382 g/mol. The van der Waals surface area contributed by atoms with Crippen molar-refractivity contribution >= 4 is 17.5 Å². The summed E-state index contributed by atoms with van der Waals surface area (Å²) in [6.45, 7) is 1.62. The molecule has 2 aromatic carbocycles. The van der Waals surface area contributed by atoms with Crippen LogP contribution in [-0.4, -0.2) is 29.9 Å². The molecule has 0 bridgehead atoms. The van der Waals surface area contributed by atoms with Crippen molar-refractivity contribution in [3.8, 4) is 0 Å². The van der Waals surface area contributed by atoms with Gasteiger partial charge in [0.05, 0.1) is 0 Å². The lowest BCUT2D eigenvalue weighted by Gasteiger charge is -2.32. The Labute approximate surface area is 154 Å². The number of carbonyl (C=O) groups is 1. The van der Waals surface area contributed by atoms with Gasteiger partial charge >= 0.3 is 0 Å². The molecule has 1 N–H and O–H groups in total. The van der Waals surface area contributed by atoms with Gasteiger partial charge in [-0.25, -0.2) is 13.2 Å². The maximum absolute atomic E-state index is 13.9. The predicted molar refractivity (Wildman–Crippen MR) is 93.5 cm³/mol. The van der Waals surface area contributed by atoms with E-state index in [1.165, 1.54) is 12.1 Å². The molecule has 26 heavy (non-hydrogen) atoms. The standard InChI is InChI=1S/C19H18ClF3N2O/c20-14-3-1-4-15(21)13(14)11-25-9-7-12(8-10-25)24-19(26)18-16(22)5-2-6-17(18)23/h1-6,12H,7-11H2,(H,24,26). The van der Waals surface area contributed by atoms with Gasteiger partial charge in [0.15, 0.2) is 0 Å². The van der Waals surface area contributed by atoms with E-state index in [0.29, 0.717) is 43.1 Å². The molecule has 0 aliphatic carbocycles. The van der Waals surface area contributed by atoms with Crippen molar-refractivity contribution < 1.29 is 18.0 Å². The summed E-state index contributed by atoms with van der Waals surface area (Å²) in [5.41, 5.74) is -0.113. The highest BCUT2D eigenvalue weighted by atomic mass is 35.5. The van der Waals surface area contributed by atoms with Crippen molar-refractivity contribution in [2.45, 2.75) is 25.4 Å². The fraction of sp³-hybridized carbons (Fsp3) is 0.316. The zero-order chi connectivity index (χ0) is 18.7. The van der Waals surface area contributed by atoms with Crippen molar-refractivity contribution in [3.63, 3.8) is 0 Å². The summed E-state index contributed by atoms with van der Waals surface area (Å²) in [6.07, 6.45) is 1.21. The number of rotatable bonds is 4. The third-order valence-corrected chi connectivity index (χ3v) is 4.91. The lowest BCUT2D eigenvalue weighted by molar-refractivity contribution is 0.0900. The molecule has 2 aromatic rings. The lowest BCUT2D eigenvalue weighted by atomic mass is 10.0. The highest BCUT2D eigenvalue weighted by Crippen LogP contribution is 2.23. The van der Waals surface area contributed by atoms with Gasteiger partial charge in [-0.3, -0.25) is 9.69 Å². The number of likely N-dealkylation sites (tertiary alicyclic amines) is 1. The summed E-state index contributed by atoms with van der Waals surface area (Å²) < 4.78 is 41.2. The number of hydrogen-bond acceptors (Lipinski definition) is 2. The first-order valence-corrected chi connectivity index (χ1v) is 8.73. The van der Waals surface area contributed by atoms with Gasteiger partial charge in [-0.2, -0.15) is 0 Å². The van der Waals surface area contributed by atoms with Gasteiger partial charge in [-0.05, 0) is 37.1 Å². The molecule has 7 heteroatoms. The number of nitrogens with zero attached hydrogens (tertiary/aromatic N) is 1. The van der Waals surface area contributed by atoms with Crippen molar-refractivity contribution in [2.75, 3.05) is 13.1 Å². The van der Waals surface area contributed by atoms with E-state index in [4.69, 9.17) is 11.6 Å². The number of nitrogens with one attached hydrogen (secondary N) is 1. The molecular weight excluding hydrogens is 365 g/mol. The van der Waals surface area contributed by atoms with E-state index in [-0.39, 0.29) is 11.9 Å². The van der Waals surface area contributed by atoms with Crippen LogP contribution in [-0.2, 0) is 6.54 Å². The van der Waals surface area contributed by atoms with E-state index in [0.717, 1.165) is 12.1 Å². The van der Waals surface area contributed by atoms with Crippen LogP contribution in [0.15, 0.2) is 36.4 Å². The number of piperidine rings is 1. The number of hydrogen-bond donors (Lipinski definition) is 1. The van der Waals surface area contributed by atoms with Gasteiger partial charge in [0.25, 0.3) is 5.91 Å². The van der Waals surface area contributed by atoms with Crippen LogP contribution < -0.4 is 5.32 Å². The van der Waals surface area contributed by atoms with Crippen LogP contribution in [0, 0.1) is 17.5 Å². The molecule has 3 nitrogen and oxygen atoms in total. The molecule has 1 aliphatic heterocycles. The molecular formula is C19H18ClF3N2O. The Morgan fingerprint density at radius 1 is 1.04 bits per heavy atom. The fourth-order valence-electron chi connectivity index (χ4n) is 3.11. The van der Waals surface area contributed by atoms with Crippen molar-refractivity contribution in [1.29, 1.82) is 0 Å². The van der Waals surface area contributed by atoms with Gasteiger partial charge in [0.1, 0.15) is 23.0 Å². The molecule has 1 aliphatic rings. The maximum atomic E-state index is 13.9. The van der Waals surface area contributed by atoms with Crippen molar-refractivity contribution in [2.24, 2.45) is 0 Å². The summed E-state index contributed by atoms with van der Waals surface area (Å²) in [5.74, 6) is -2.86. The van der Waals surface area contributed by atoms with Crippen LogP contribution in [0.2, 0.25) is 5.02 Å². The number of halogens is 4. The Balaban J connectivity index is 1.56. The van der Waals surface area contributed by atoms with E-state index < -0.39 is 23.1 Å². The topological polar surface area (TPSA) is 32.3 Å². The van der Waals surface area contributed by atoms with E-state index in [1.54, 1.807) is 12.1 Å². The molecule has 3 rings (SSSR count). The quantitative estimate of drug-likeness (QED) is 0.861. The molecule has 0 saturated carbocycles. The number of benzene rings is 2. The van der Waals surface area contributed by atoms with Crippen LogP contribution in [0.5, 0.6) is 0 Å². The number of amides is 1. The molecule has 1 fully saturated rings. The Hall–Kier alpha value is -2.05. The second-order valence-electron chi connectivity index (χ2n) is 6.32. The Bertz CT molecular complexity index is 767. The minimum absolute atomic E-state index is 0.186. The molecule has 0 aromatic heterocycles. The second-order valence-corrected chi connectivity index (χ2v) is 6.73. The van der Waals surface area contributed by atoms with Crippen LogP contribution in [0.3, 0.4) is 0 Å². The van der Waals surface area contributed by atoms with Crippen LogP contribution in [0.4, 0.5) is 13.2 Å². The number of carbonyl (C=O) groups excluding carboxylic acids is 1. The third-order valence-electron chi connectivity index (χ3n) is 4.56. The Morgan fingerprint density at radius 3 is 2.23 bits per heavy atom. The van der Waals surface area contributed by atoms with Crippen molar-refractivity contribution in [1.82, 2.24) is 10.2 Å². The fourth-order valence-corrected chi connectivity index (χ4v) is 3.34. The average Bonchev–Trinajstić information content (AvgIpc) is 2.59. The minimum Gasteiger partial charge on any atom is -0.349 e. The molecule has 0 atom stereocenters. The third kappa shape index (κ3) is 4.19. The van der Waals surface area contributed by atoms with Gasteiger partial charge in [0, 0.05) is 36.3 Å². The summed E-state index contributed by atoms with van der Waals surface area (Å²) in [6, 6.07) is 7.72. The smallest absolute Gasteiger partial charge is 0.257 e. The Morgan fingerprint density at radius 2 is 1.62 bits per heavy atom. The summed E-state index contributed by atoms with van der Waals surface area (Å²) in [4.78, 5) is 14.2. The summed E-state index contributed by atoms with van der Waals surface area (Å²) >= 11 is 6.05. The molecule has 1 amide bonds. The first-order chi connectivity index (χ1) is 12.5. The summed E-state index contributed by atoms with van der Waals surface area (Å²) in [7, 11) is 0. The molecule has 1 heterocycles. The highest BCUT2D eigenvalue weighted by molar-refractivity contribution is 6.31. The lowest BCUT2D eigenvalue weighted by Crippen LogP contribution is -2.44. The minimum atomic E-state index is -0.880. The molecule has 138 valence electrons. The predicted octanol–water partition coefficient (Wildman–Crippen LogP) is 4.15. The first kappa shape index (κ1) is 18.7. The maximum Gasteiger partial charge on any atom is 0.257 e. The molecule has 0 unspecified atom stereocenters.